The molecule has 2 aromatic heterocycles. The molecular formula is C10H14IN5. The molecule has 0 amide bonds. The number of rotatable bonds is 3. The topological polar surface area (TPSA) is 48.5 Å². The molecule has 5 nitrogen and oxygen atoms in total. The first-order valence-corrected chi connectivity index (χ1v) is 6.27. The molecule has 0 aliphatic carbocycles. The van der Waals surface area contributed by atoms with Crippen LogP contribution in [-0.4, -0.2) is 24.5 Å². The summed E-state index contributed by atoms with van der Waals surface area (Å²) in [7, 11) is 0. The Kier molecular flexibility index (Phi) is 3.27. The van der Waals surface area contributed by atoms with Crippen molar-refractivity contribution < 1.29 is 0 Å². The molecule has 0 aromatic carbocycles. The molecular weight excluding hydrogens is 317 g/mol. The number of aryl methyl sites for hydroxylation is 2. The summed E-state index contributed by atoms with van der Waals surface area (Å²) in [6, 6.07) is 0. The molecule has 0 spiro atoms. The van der Waals surface area contributed by atoms with Gasteiger partial charge in [-0.25, -0.2) is 9.67 Å². The average Bonchev–Trinajstić information content (AvgIpc) is 2.81. The minimum Gasteiger partial charge on any atom is -0.261 e. The van der Waals surface area contributed by atoms with Gasteiger partial charge in [0.2, 0.25) is 0 Å². The van der Waals surface area contributed by atoms with Crippen molar-refractivity contribution >= 4 is 22.6 Å². The van der Waals surface area contributed by atoms with E-state index in [1.807, 2.05) is 16.3 Å². The lowest BCUT2D eigenvalue weighted by Gasteiger charge is -2.05. The number of aromatic nitrogens is 5. The van der Waals surface area contributed by atoms with Crippen LogP contribution in [0.4, 0.5) is 0 Å². The van der Waals surface area contributed by atoms with Gasteiger partial charge in [-0.1, -0.05) is 0 Å². The monoisotopic (exact) mass is 331 g/mol. The van der Waals surface area contributed by atoms with Gasteiger partial charge < -0.3 is 0 Å². The van der Waals surface area contributed by atoms with Gasteiger partial charge in [-0.2, -0.15) is 10.2 Å². The smallest absolute Gasteiger partial charge is 0.148 e. The van der Waals surface area contributed by atoms with Crippen LogP contribution >= 0.6 is 22.6 Å². The van der Waals surface area contributed by atoms with Crippen molar-refractivity contribution in [3.05, 3.63) is 27.1 Å². The highest BCUT2D eigenvalue weighted by molar-refractivity contribution is 14.1. The van der Waals surface area contributed by atoms with Crippen LogP contribution in [0.2, 0.25) is 0 Å². The van der Waals surface area contributed by atoms with Crippen LogP contribution in [0.5, 0.6) is 0 Å². The fourth-order valence-electron chi connectivity index (χ4n) is 1.64. The van der Waals surface area contributed by atoms with E-state index in [-0.39, 0.29) is 0 Å². The largest absolute Gasteiger partial charge is 0.261 e. The van der Waals surface area contributed by atoms with Crippen LogP contribution in [0.25, 0.3) is 0 Å². The van der Waals surface area contributed by atoms with E-state index in [4.69, 9.17) is 0 Å². The van der Waals surface area contributed by atoms with Crippen LogP contribution in [-0.2, 0) is 13.1 Å². The highest BCUT2D eigenvalue weighted by Gasteiger charge is 2.11. The Bertz CT molecular complexity index is 499. The molecule has 0 bridgehead atoms. The second-order valence-corrected chi connectivity index (χ2v) is 4.71. The summed E-state index contributed by atoms with van der Waals surface area (Å²) >= 11 is 2.32. The van der Waals surface area contributed by atoms with Crippen molar-refractivity contribution in [2.24, 2.45) is 0 Å². The van der Waals surface area contributed by atoms with Gasteiger partial charge in [-0.15, -0.1) is 0 Å². The minimum absolute atomic E-state index is 0.684. The second-order valence-electron chi connectivity index (χ2n) is 3.63. The summed E-state index contributed by atoms with van der Waals surface area (Å²) < 4.78 is 5.09. The number of halogens is 1. The molecule has 0 N–H and O–H groups in total. The second kappa shape index (κ2) is 4.52. The summed E-state index contributed by atoms with van der Waals surface area (Å²) in [5.74, 6) is 0.949. The first kappa shape index (κ1) is 11.6. The fraction of sp³-hybridized carbons (Fsp3) is 0.500. The van der Waals surface area contributed by atoms with E-state index in [1.54, 1.807) is 6.33 Å². The lowest BCUT2D eigenvalue weighted by molar-refractivity contribution is 0.559. The zero-order valence-electron chi connectivity index (χ0n) is 9.61. The Morgan fingerprint density at radius 1 is 1.31 bits per heavy atom. The molecule has 6 heteroatoms. The van der Waals surface area contributed by atoms with Gasteiger partial charge >= 0.3 is 0 Å². The molecule has 0 saturated heterocycles. The maximum absolute atomic E-state index is 4.49. The normalized spacial score (nSPS) is 11.0. The van der Waals surface area contributed by atoms with Crippen molar-refractivity contribution in [1.82, 2.24) is 24.5 Å². The van der Waals surface area contributed by atoms with Gasteiger partial charge in [-0.3, -0.25) is 4.68 Å². The van der Waals surface area contributed by atoms with Crippen LogP contribution in [0.15, 0.2) is 6.33 Å². The summed E-state index contributed by atoms with van der Waals surface area (Å²) in [6.45, 7) is 7.68. The first-order valence-electron chi connectivity index (χ1n) is 5.19. The molecule has 0 aliphatic rings. The Balaban J connectivity index is 2.30. The molecule has 0 atom stereocenters. The fourth-order valence-corrected chi connectivity index (χ4v) is 2.02. The minimum atomic E-state index is 0.684. The molecule has 0 aliphatic heterocycles. The zero-order chi connectivity index (χ0) is 11.7. The van der Waals surface area contributed by atoms with Crippen LogP contribution in [0.3, 0.4) is 0 Å². The summed E-state index contributed by atoms with van der Waals surface area (Å²) in [6.07, 6.45) is 1.59. The summed E-state index contributed by atoms with van der Waals surface area (Å²) in [4.78, 5) is 4.25. The highest BCUT2D eigenvalue weighted by atomic mass is 127. The molecule has 0 radical (unpaired) electrons. The predicted molar refractivity (Wildman–Crippen MR) is 69.2 cm³/mol. The quantitative estimate of drug-likeness (QED) is 0.806. The Labute approximate surface area is 108 Å². The maximum Gasteiger partial charge on any atom is 0.148 e. The summed E-state index contributed by atoms with van der Waals surface area (Å²) in [5, 5.41) is 8.64. The number of hydrogen-bond donors (Lipinski definition) is 0. The van der Waals surface area contributed by atoms with Gasteiger partial charge in [0.05, 0.1) is 9.26 Å². The van der Waals surface area contributed by atoms with Gasteiger partial charge in [-0.05, 0) is 43.4 Å². The van der Waals surface area contributed by atoms with Gasteiger partial charge in [0.15, 0.2) is 0 Å². The van der Waals surface area contributed by atoms with E-state index < -0.39 is 0 Å². The van der Waals surface area contributed by atoms with E-state index >= 15 is 0 Å². The Morgan fingerprint density at radius 2 is 2.06 bits per heavy atom. The van der Waals surface area contributed by atoms with E-state index in [0.29, 0.717) is 6.54 Å². The van der Waals surface area contributed by atoms with Crippen molar-refractivity contribution in [2.75, 3.05) is 0 Å². The highest BCUT2D eigenvalue weighted by Crippen LogP contribution is 2.15. The first-order chi connectivity index (χ1) is 7.63. The van der Waals surface area contributed by atoms with Gasteiger partial charge in [0.1, 0.15) is 18.7 Å². The number of nitrogens with zero attached hydrogens (tertiary/aromatic N) is 5. The van der Waals surface area contributed by atoms with Crippen molar-refractivity contribution in [1.29, 1.82) is 0 Å². The molecule has 0 saturated carbocycles. The zero-order valence-corrected chi connectivity index (χ0v) is 11.8. The lowest BCUT2D eigenvalue weighted by atomic mass is 10.4. The Hall–Kier alpha value is -0.920. The predicted octanol–water partition coefficient (Wildman–Crippen LogP) is 1.76. The standard InChI is InChI=1S/C10H14IN5/c1-4-15-9(12-6-13-15)5-16-8(3)10(11)7(2)14-16/h6H,4-5H2,1-3H3. The van der Waals surface area contributed by atoms with Gasteiger partial charge in [0, 0.05) is 12.2 Å². The SMILES string of the molecule is CCn1ncnc1Cn1nc(C)c(I)c1C. The molecule has 0 fully saturated rings. The average molecular weight is 331 g/mol. The van der Waals surface area contributed by atoms with Crippen LogP contribution in [0, 0.1) is 17.4 Å². The third-order valence-electron chi connectivity index (χ3n) is 2.58. The summed E-state index contributed by atoms with van der Waals surface area (Å²) in [5.41, 5.74) is 2.25. The molecule has 86 valence electrons. The number of hydrogen-bond acceptors (Lipinski definition) is 3. The van der Waals surface area contributed by atoms with Gasteiger partial charge in [0.25, 0.3) is 0 Å². The van der Waals surface area contributed by atoms with Crippen molar-refractivity contribution in [3.8, 4) is 0 Å². The molecule has 0 unspecified atom stereocenters. The third kappa shape index (κ3) is 1.98. The van der Waals surface area contributed by atoms with E-state index in [1.165, 1.54) is 9.26 Å². The van der Waals surface area contributed by atoms with E-state index in [2.05, 4.69) is 51.6 Å². The van der Waals surface area contributed by atoms with E-state index in [0.717, 1.165) is 18.1 Å². The maximum atomic E-state index is 4.49. The third-order valence-corrected chi connectivity index (χ3v) is 4.14. The molecule has 2 aromatic rings. The lowest BCUT2D eigenvalue weighted by Crippen LogP contribution is -2.11. The van der Waals surface area contributed by atoms with Crippen LogP contribution < -0.4 is 0 Å². The molecule has 16 heavy (non-hydrogen) atoms. The van der Waals surface area contributed by atoms with Crippen molar-refractivity contribution in [3.63, 3.8) is 0 Å². The van der Waals surface area contributed by atoms with Crippen LogP contribution in [0.1, 0.15) is 24.1 Å². The Morgan fingerprint density at radius 3 is 2.62 bits per heavy atom. The van der Waals surface area contributed by atoms with Crippen molar-refractivity contribution in [2.45, 2.75) is 33.9 Å². The van der Waals surface area contributed by atoms with E-state index in [9.17, 15) is 0 Å². The molecule has 2 heterocycles. The molecule has 2 rings (SSSR count).